The van der Waals surface area contributed by atoms with Crippen LogP contribution in [0.3, 0.4) is 0 Å². The maximum atomic E-state index is 15.0. The highest BCUT2D eigenvalue weighted by atomic mass is 19.2. The van der Waals surface area contributed by atoms with Crippen LogP contribution in [0.5, 0.6) is 5.75 Å². The molecule has 0 saturated carbocycles. The lowest BCUT2D eigenvalue weighted by Crippen LogP contribution is -2.28. The second-order valence-corrected chi connectivity index (χ2v) is 9.36. The van der Waals surface area contributed by atoms with Gasteiger partial charge in [0, 0.05) is 17.0 Å². The summed E-state index contributed by atoms with van der Waals surface area (Å²) >= 11 is 0. The average Bonchev–Trinajstić information content (AvgIpc) is 2.88. The molecule has 0 spiro atoms. The first-order valence-corrected chi connectivity index (χ1v) is 12.4. The van der Waals surface area contributed by atoms with Gasteiger partial charge in [0.2, 0.25) is 5.82 Å². The van der Waals surface area contributed by atoms with Crippen molar-refractivity contribution < 1.29 is 31.8 Å². The minimum Gasteiger partial charge on any atom is -0.491 e. The van der Waals surface area contributed by atoms with Crippen LogP contribution in [0.25, 0.3) is 11.1 Å². The Labute approximate surface area is 204 Å². The fourth-order valence-corrected chi connectivity index (χ4v) is 5.03. The summed E-state index contributed by atoms with van der Waals surface area (Å²) in [4.78, 5) is 0. The van der Waals surface area contributed by atoms with Crippen molar-refractivity contribution in [3.63, 3.8) is 0 Å². The van der Waals surface area contributed by atoms with Gasteiger partial charge >= 0.3 is 0 Å². The topological polar surface area (TPSA) is 27.7 Å². The van der Waals surface area contributed by atoms with E-state index in [1.54, 1.807) is 6.92 Å². The quantitative estimate of drug-likeness (QED) is 0.285. The molecule has 2 aliphatic heterocycles. The number of benzene rings is 2. The third-order valence-corrected chi connectivity index (χ3v) is 7.12. The number of halogens is 4. The fraction of sp³-hybridized carbons (Fsp3) is 0.500. The number of ether oxygens (including phenoxy) is 3. The maximum Gasteiger partial charge on any atom is 0.201 e. The molecule has 2 aromatic rings. The molecular weight excluding hydrogens is 460 g/mol. The normalized spacial score (nSPS) is 24.8. The van der Waals surface area contributed by atoms with E-state index in [0.29, 0.717) is 18.9 Å². The molecule has 0 aromatic heterocycles. The Morgan fingerprint density at radius 3 is 2.23 bits per heavy atom. The standard InChI is InChI=1S/C28H32F4O3/c1-3-19-8-5-17(15-34-19)6-9-20-10-7-18(16-35-20)21-11-12-22(26(30)25(21)29)23-13-14-24(33-4-2)28(32)27(23)31/h3,11-14,17-20H,1,4-10,15-16H2,2H3. The van der Waals surface area contributed by atoms with Crippen molar-refractivity contribution in [3.05, 3.63) is 65.8 Å². The van der Waals surface area contributed by atoms with E-state index in [1.165, 1.54) is 24.3 Å². The van der Waals surface area contributed by atoms with Gasteiger partial charge in [-0.2, -0.15) is 4.39 Å². The highest BCUT2D eigenvalue weighted by molar-refractivity contribution is 5.66. The first-order chi connectivity index (χ1) is 16.9. The second kappa shape index (κ2) is 11.6. The Morgan fingerprint density at radius 1 is 0.857 bits per heavy atom. The van der Waals surface area contributed by atoms with Gasteiger partial charge in [-0.15, -0.1) is 6.58 Å². The zero-order valence-electron chi connectivity index (χ0n) is 20.0. The summed E-state index contributed by atoms with van der Waals surface area (Å²) in [7, 11) is 0. The minimum atomic E-state index is -1.27. The summed E-state index contributed by atoms with van der Waals surface area (Å²) in [5.41, 5.74) is -0.471. The molecule has 0 bridgehead atoms. The Hall–Kier alpha value is -2.38. The van der Waals surface area contributed by atoms with Crippen molar-refractivity contribution in [1.82, 2.24) is 0 Å². The largest absolute Gasteiger partial charge is 0.491 e. The van der Waals surface area contributed by atoms with Gasteiger partial charge in [-0.25, -0.2) is 13.2 Å². The molecule has 3 nitrogen and oxygen atoms in total. The van der Waals surface area contributed by atoms with Crippen LogP contribution in [0.4, 0.5) is 17.6 Å². The molecule has 2 heterocycles. The molecule has 2 aromatic carbocycles. The Bertz CT molecular complexity index is 1030. The summed E-state index contributed by atoms with van der Waals surface area (Å²) in [6, 6.07) is 5.17. The number of hydrogen-bond acceptors (Lipinski definition) is 3. The number of rotatable bonds is 8. The van der Waals surface area contributed by atoms with Crippen molar-refractivity contribution in [1.29, 1.82) is 0 Å². The van der Waals surface area contributed by atoms with Gasteiger partial charge in [-0.1, -0.05) is 18.2 Å². The van der Waals surface area contributed by atoms with Crippen LogP contribution in [0.1, 0.15) is 56.9 Å². The van der Waals surface area contributed by atoms with Gasteiger partial charge in [0.1, 0.15) is 0 Å². The average molecular weight is 493 g/mol. The van der Waals surface area contributed by atoms with Crippen molar-refractivity contribution in [3.8, 4) is 16.9 Å². The zero-order chi connectivity index (χ0) is 24.9. The molecular formula is C28H32F4O3. The predicted molar refractivity (Wildman–Crippen MR) is 126 cm³/mol. The molecule has 4 unspecified atom stereocenters. The molecule has 0 radical (unpaired) electrons. The second-order valence-electron chi connectivity index (χ2n) is 9.36. The molecule has 4 rings (SSSR count). The molecule has 35 heavy (non-hydrogen) atoms. The van der Waals surface area contributed by atoms with E-state index in [4.69, 9.17) is 14.2 Å². The summed E-state index contributed by atoms with van der Waals surface area (Å²) in [5, 5.41) is 0. The molecule has 0 aliphatic carbocycles. The summed E-state index contributed by atoms with van der Waals surface area (Å²) in [6.07, 6.45) is 7.57. The van der Waals surface area contributed by atoms with E-state index in [0.717, 1.165) is 38.7 Å². The van der Waals surface area contributed by atoms with Crippen LogP contribution in [0.2, 0.25) is 0 Å². The van der Waals surface area contributed by atoms with Crippen molar-refractivity contribution in [2.24, 2.45) is 5.92 Å². The van der Waals surface area contributed by atoms with E-state index < -0.39 is 23.3 Å². The van der Waals surface area contributed by atoms with Crippen molar-refractivity contribution >= 4 is 0 Å². The molecule has 190 valence electrons. The van der Waals surface area contributed by atoms with Gasteiger partial charge in [0.15, 0.2) is 23.2 Å². The molecule has 2 fully saturated rings. The van der Waals surface area contributed by atoms with Crippen molar-refractivity contribution in [2.45, 2.75) is 63.6 Å². The van der Waals surface area contributed by atoms with Gasteiger partial charge in [0.05, 0.1) is 32.0 Å². The highest BCUT2D eigenvalue weighted by Gasteiger charge is 2.29. The van der Waals surface area contributed by atoms with Crippen LogP contribution in [0, 0.1) is 29.2 Å². The highest BCUT2D eigenvalue weighted by Crippen LogP contribution is 2.37. The van der Waals surface area contributed by atoms with E-state index in [2.05, 4.69) is 6.58 Å². The molecule has 0 amide bonds. The summed E-state index contributed by atoms with van der Waals surface area (Å²) in [5.74, 6) is -4.77. The van der Waals surface area contributed by atoms with Crippen LogP contribution in [-0.2, 0) is 9.47 Å². The van der Waals surface area contributed by atoms with Crippen LogP contribution in [0.15, 0.2) is 36.9 Å². The van der Waals surface area contributed by atoms with Crippen LogP contribution >= 0.6 is 0 Å². The summed E-state index contributed by atoms with van der Waals surface area (Å²) < 4.78 is 75.6. The predicted octanol–water partition coefficient (Wildman–Crippen LogP) is 7.33. The van der Waals surface area contributed by atoms with Gasteiger partial charge in [-0.3, -0.25) is 0 Å². The Balaban J connectivity index is 1.37. The van der Waals surface area contributed by atoms with Gasteiger partial charge < -0.3 is 14.2 Å². The summed E-state index contributed by atoms with van der Waals surface area (Å²) in [6.45, 7) is 6.61. The third kappa shape index (κ3) is 5.72. The SMILES string of the molecule is C=CC1CCC(CCC2CCC(c3ccc(-c4ccc(OCC)c(F)c4F)c(F)c3F)CO2)CO1. The zero-order valence-corrected chi connectivity index (χ0v) is 20.0. The van der Waals surface area contributed by atoms with Crippen LogP contribution < -0.4 is 4.74 Å². The minimum absolute atomic E-state index is 0.0940. The van der Waals surface area contributed by atoms with Crippen molar-refractivity contribution in [2.75, 3.05) is 19.8 Å². The number of hydrogen-bond donors (Lipinski definition) is 0. The van der Waals surface area contributed by atoms with E-state index in [9.17, 15) is 13.2 Å². The molecule has 2 aliphatic rings. The van der Waals surface area contributed by atoms with Gasteiger partial charge in [-0.05, 0) is 69.1 Å². The molecule has 7 heteroatoms. The van der Waals surface area contributed by atoms with E-state index in [1.807, 2.05) is 6.08 Å². The van der Waals surface area contributed by atoms with Gasteiger partial charge in [0.25, 0.3) is 0 Å². The van der Waals surface area contributed by atoms with Crippen LogP contribution in [-0.4, -0.2) is 32.0 Å². The Morgan fingerprint density at radius 2 is 1.60 bits per heavy atom. The first-order valence-electron chi connectivity index (χ1n) is 12.4. The molecule has 0 N–H and O–H groups in total. The van der Waals surface area contributed by atoms with E-state index >= 15 is 4.39 Å². The monoisotopic (exact) mass is 492 g/mol. The third-order valence-electron chi connectivity index (χ3n) is 7.12. The maximum absolute atomic E-state index is 15.0. The first kappa shape index (κ1) is 25.7. The lowest BCUT2D eigenvalue weighted by molar-refractivity contribution is -0.0206. The fourth-order valence-electron chi connectivity index (χ4n) is 5.03. The molecule has 4 atom stereocenters. The smallest absolute Gasteiger partial charge is 0.201 e. The molecule has 2 saturated heterocycles. The lowest BCUT2D eigenvalue weighted by Gasteiger charge is -2.32. The Kier molecular flexibility index (Phi) is 8.50. The van der Waals surface area contributed by atoms with E-state index in [-0.39, 0.29) is 47.2 Å². The lowest BCUT2D eigenvalue weighted by atomic mass is 9.87.